The molecule has 0 fully saturated rings. The summed E-state index contributed by atoms with van der Waals surface area (Å²) in [6, 6.07) is 11.3. The van der Waals surface area contributed by atoms with E-state index in [1.165, 1.54) is 21.8 Å². The fraction of sp³-hybridized carbons (Fsp3) is 0.308. The van der Waals surface area contributed by atoms with Gasteiger partial charge in [0.15, 0.2) is 0 Å². The highest BCUT2D eigenvalue weighted by atomic mass is 16.2. The second-order valence-corrected chi connectivity index (χ2v) is 9.49. The molecule has 11 nitrogen and oxygen atoms in total. The average Bonchev–Trinajstić information content (AvgIpc) is 3.50. The van der Waals surface area contributed by atoms with Crippen molar-refractivity contribution in [2.24, 2.45) is 14.1 Å². The van der Waals surface area contributed by atoms with Gasteiger partial charge in [0.2, 0.25) is 0 Å². The number of hydrogen-bond donors (Lipinski definition) is 1. The maximum atomic E-state index is 12.7. The Labute approximate surface area is 229 Å². The molecule has 4 radical (unpaired) electrons. The van der Waals surface area contributed by atoms with Gasteiger partial charge in [0.05, 0.1) is 19.1 Å². The van der Waals surface area contributed by atoms with E-state index in [0.717, 1.165) is 47.2 Å². The van der Waals surface area contributed by atoms with Crippen LogP contribution in [0, 0.1) is 0 Å². The Bertz CT molecular complexity index is 1520. The number of rotatable bonds is 2. The van der Waals surface area contributed by atoms with E-state index in [4.69, 9.17) is 15.7 Å². The number of carbonyl (C=O) groups excluding carboxylic acids is 2. The molecular formula is C26H27B2N9O2. The van der Waals surface area contributed by atoms with Crippen LogP contribution in [0.4, 0.5) is 11.4 Å². The molecule has 2 aromatic carbocycles. The minimum absolute atomic E-state index is 0.0644. The van der Waals surface area contributed by atoms with Crippen molar-refractivity contribution < 1.29 is 9.59 Å². The molecule has 4 aromatic rings. The molecule has 0 unspecified atom stereocenters. The predicted octanol–water partition coefficient (Wildman–Crippen LogP) is -0.0916. The van der Waals surface area contributed by atoms with E-state index in [1.54, 1.807) is 30.0 Å². The second-order valence-electron chi connectivity index (χ2n) is 9.49. The van der Waals surface area contributed by atoms with Gasteiger partial charge in [-0.3, -0.25) is 19.8 Å². The number of benzene rings is 2. The van der Waals surface area contributed by atoms with Crippen LogP contribution in [-0.2, 0) is 27.1 Å². The summed E-state index contributed by atoms with van der Waals surface area (Å²) < 4.78 is 2.97. The van der Waals surface area contributed by atoms with Gasteiger partial charge in [0.25, 0.3) is 11.8 Å². The van der Waals surface area contributed by atoms with Crippen molar-refractivity contribution in [2.75, 3.05) is 23.0 Å². The van der Waals surface area contributed by atoms with E-state index < -0.39 is 0 Å². The summed E-state index contributed by atoms with van der Waals surface area (Å²) in [6.45, 7) is 1.87. The van der Waals surface area contributed by atoms with Crippen LogP contribution in [0.15, 0.2) is 48.8 Å². The molecule has 2 aliphatic heterocycles. The van der Waals surface area contributed by atoms with Gasteiger partial charge in [0.1, 0.15) is 27.1 Å². The topological polar surface area (TPSA) is 114 Å². The Balaban J connectivity index is 0.000000158. The highest BCUT2D eigenvalue weighted by molar-refractivity contribution is 6.32. The van der Waals surface area contributed by atoms with E-state index in [2.05, 4.69) is 25.9 Å². The van der Waals surface area contributed by atoms with Gasteiger partial charge in [-0.2, -0.15) is 0 Å². The van der Waals surface area contributed by atoms with Crippen molar-refractivity contribution in [1.82, 2.24) is 35.3 Å². The number of fused-ring (bicyclic) bond motifs is 2. The summed E-state index contributed by atoms with van der Waals surface area (Å²) in [5.74, 6) is -0.198. The summed E-state index contributed by atoms with van der Waals surface area (Å²) in [6.07, 6.45) is 5.96. The van der Waals surface area contributed by atoms with Crippen LogP contribution in [0.3, 0.4) is 0 Å². The van der Waals surface area contributed by atoms with Gasteiger partial charge < -0.3 is 4.90 Å². The molecule has 2 aliphatic rings. The molecule has 2 amide bonds. The van der Waals surface area contributed by atoms with Gasteiger partial charge in [-0.05, 0) is 42.5 Å². The molecule has 0 bridgehead atoms. The molecule has 0 saturated heterocycles. The Morgan fingerprint density at radius 3 is 1.95 bits per heavy atom. The number of aromatic nitrogens is 6. The Kier molecular flexibility index (Phi) is 7.60. The van der Waals surface area contributed by atoms with Crippen LogP contribution >= 0.6 is 0 Å². The molecule has 39 heavy (non-hydrogen) atoms. The highest BCUT2D eigenvalue weighted by Gasteiger charge is 2.26. The lowest BCUT2D eigenvalue weighted by molar-refractivity contribution is 0.0967. The predicted molar refractivity (Wildman–Crippen MR) is 149 cm³/mol. The molecular weight excluding hydrogens is 492 g/mol. The first-order valence-corrected chi connectivity index (χ1v) is 12.6. The smallest absolute Gasteiger partial charge is 0.279 e. The Hall–Kier alpha value is -4.25. The SMILES string of the molecule is [B]c1ccc2c(c1)CCCCN2C(=O)c1cnnn1C.[B]c1ccc2c(c1)CNCN2C(=O)c1cnnn1C. The molecule has 6 rings (SSSR count). The van der Waals surface area contributed by atoms with Gasteiger partial charge >= 0.3 is 0 Å². The van der Waals surface area contributed by atoms with Crippen LogP contribution < -0.4 is 26.0 Å². The summed E-state index contributed by atoms with van der Waals surface area (Å²) >= 11 is 0. The summed E-state index contributed by atoms with van der Waals surface area (Å²) in [5.41, 5.74) is 6.33. The Morgan fingerprint density at radius 1 is 0.795 bits per heavy atom. The Morgan fingerprint density at radius 2 is 1.36 bits per heavy atom. The molecule has 1 N–H and O–H groups in total. The normalized spacial score (nSPS) is 14.5. The lowest BCUT2D eigenvalue weighted by Crippen LogP contribution is -2.44. The molecule has 0 saturated carbocycles. The minimum Gasteiger partial charge on any atom is -0.307 e. The molecule has 13 heteroatoms. The zero-order chi connectivity index (χ0) is 27.5. The third-order valence-corrected chi connectivity index (χ3v) is 6.81. The number of nitrogens with one attached hydrogen (secondary N) is 1. The fourth-order valence-electron chi connectivity index (χ4n) is 4.81. The maximum absolute atomic E-state index is 12.7. The lowest BCUT2D eigenvalue weighted by Gasteiger charge is -2.30. The van der Waals surface area contributed by atoms with Gasteiger partial charge in [-0.1, -0.05) is 45.6 Å². The van der Waals surface area contributed by atoms with Crippen LogP contribution in [-0.4, -0.2) is 70.7 Å². The number of anilines is 2. The van der Waals surface area contributed by atoms with Crippen molar-refractivity contribution >= 4 is 49.8 Å². The molecule has 0 spiro atoms. The quantitative estimate of drug-likeness (QED) is 0.369. The third-order valence-electron chi connectivity index (χ3n) is 6.81. The highest BCUT2D eigenvalue weighted by Crippen LogP contribution is 2.27. The fourth-order valence-corrected chi connectivity index (χ4v) is 4.81. The van der Waals surface area contributed by atoms with Gasteiger partial charge in [-0.25, -0.2) is 9.36 Å². The number of aryl methyl sites for hydroxylation is 3. The lowest BCUT2D eigenvalue weighted by atomic mass is 9.92. The first kappa shape index (κ1) is 26.4. The largest absolute Gasteiger partial charge is 0.307 e. The van der Waals surface area contributed by atoms with Crippen LogP contribution in [0.25, 0.3) is 0 Å². The second kappa shape index (κ2) is 11.2. The summed E-state index contributed by atoms with van der Waals surface area (Å²) in [4.78, 5) is 28.6. The molecule has 0 atom stereocenters. The van der Waals surface area contributed by atoms with Crippen molar-refractivity contribution in [3.05, 3.63) is 71.3 Å². The minimum atomic E-state index is -0.134. The number of amides is 2. The zero-order valence-corrected chi connectivity index (χ0v) is 21.9. The number of hydrogen-bond acceptors (Lipinski definition) is 7. The van der Waals surface area contributed by atoms with E-state index in [1.807, 2.05) is 30.3 Å². The first-order chi connectivity index (χ1) is 18.8. The summed E-state index contributed by atoms with van der Waals surface area (Å²) in [7, 11) is 15.0. The van der Waals surface area contributed by atoms with E-state index in [0.29, 0.717) is 36.6 Å². The van der Waals surface area contributed by atoms with Crippen molar-refractivity contribution in [3.8, 4) is 0 Å². The van der Waals surface area contributed by atoms with Crippen LogP contribution in [0.2, 0.25) is 0 Å². The number of carbonyl (C=O) groups is 2. The van der Waals surface area contributed by atoms with Gasteiger partial charge in [-0.15, -0.1) is 10.2 Å². The third kappa shape index (κ3) is 5.49. The molecule has 2 aromatic heterocycles. The van der Waals surface area contributed by atoms with Crippen molar-refractivity contribution in [1.29, 1.82) is 0 Å². The first-order valence-electron chi connectivity index (χ1n) is 12.6. The maximum Gasteiger partial charge on any atom is 0.279 e. The standard InChI is InChI=1S/C14H15BN4O.C12H12BN5O/c1-18-13(9-16-17-18)14(20)19-7-3-2-4-10-8-11(15)5-6-12(10)19;1-17-11(6-15-16-17)12(19)18-7-14-5-8-4-9(13)2-3-10(8)18/h5-6,8-9H,2-4,7H2,1H3;2-4,6,14H,5,7H2,1H3. The van der Waals surface area contributed by atoms with Gasteiger partial charge in [0, 0.05) is 38.6 Å². The van der Waals surface area contributed by atoms with Crippen LogP contribution in [0.1, 0.15) is 44.9 Å². The molecule has 194 valence electrons. The van der Waals surface area contributed by atoms with E-state index in [-0.39, 0.29) is 11.8 Å². The van der Waals surface area contributed by atoms with Crippen molar-refractivity contribution in [3.63, 3.8) is 0 Å². The summed E-state index contributed by atoms with van der Waals surface area (Å²) in [5, 5.41) is 18.3. The zero-order valence-electron chi connectivity index (χ0n) is 21.9. The molecule has 0 aliphatic carbocycles. The van der Waals surface area contributed by atoms with E-state index in [9.17, 15) is 9.59 Å². The monoisotopic (exact) mass is 519 g/mol. The average molecular weight is 519 g/mol. The number of nitrogens with zero attached hydrogens (tertiary/aromatic N) is 8. The van der Waals surface area contributed by atoms with Crippen LogP contribution in [0.5, 0.6) is 0 Å². The van der Waals surface area contributed by atoms with Crippen molar-refractivity contribution in [2.45, 2.75) is 25.8 Å². The van der Waals surface area contributed by atoms with E-state index >= 15 is 0 Å². The molecule has 4 heterocycles.